The second kappa shape index (κ2) is 8.78. The zero-order valence-electron chi connectivity index (χ0n) is 16.5. The lowest BCUT2D eigenvalue weighted by Gasteiger charge is -2.34. The highest BCUT2D eigenvalue weighted by atomic mass is 32.1. The highest BCUT2D eigenvalue weighted by Crippen LogP contribution is 2.31. The Kier molecular flexibility index (Phi) is 5.94. The van der Waals surface area contributed by atoms with E-state index < -0.39 is 0 Å². The molecule has 2 aliphatic rings. The number of piperazine rings is 1. The molecule has 0 spiro atoms. The molecule has 4 rings (SSSR count). The fraction of sp³-hybridized carbons (Fsp3) is 0.409. The van der Waals surface area contributed by atoms with E-state index in [1.165, 1.54) is 0 Å². The van der Waals surface area contributed by atoms with Gasteiger partial charge in [-0.1, -0.05) is 12.1 Å². The number of hydrogen-bond acceptors (Lipinski definition) is 5. The lowest BCUT2D eigenvalue weighted by molar-refractivity contribution is -0.138. The Morgan fingerprint density at radius 3 is 2.66 bits per heavy atom. The van der Waals surface area contributed by atoms with Crippen molar-refractivity contribution in [3.63, 3.8) is 0 Å². The van der Waals surface area contributed by atoms with Crippen LogP contribution in [0.25, 0.3) is 6.08 Å². The number of benzene rings is 1. The number of nitrogens with zero attached hydrogens (tertiary/aromatic N) is 3. The Hall–Kier alpha value is -2.67. The highest BCUT2D eigenvalue weighted by Gasteiger charge is 2.34. The fourth-order valence-electron chi connectivity index (χ4n) is 3.35. The molecule has 2 aromatic rings. The summed E-state index contributed by atoms with van der Waals surface area (Å²) < 4.78 is 5.81. The van der Waals surface area contributed by atoms with E-state index >= 15 is 0 Å². The van der Waals surface area contributed by atoms with Gasteiger partial charge in [0, 0.05) is 43.6 Å². The normalized spacial score (nSPS) is 17.0. The van der Waals surface area contributed by atoms with Crippen molar-refractivity contribution in [2.75, 3.05) is 26.2 Å². The minimum atomic E-state index is -0.0206. The molecule has 0 radical (unpaired) electrons. The number of carbonyl (C=O) groups excluding carboxylic acids is 2. The molecule has 0 bridgehead atoms. The van der Waals surface area contributed by atoms with E-state index in [1.807, 2.05) is 47.5 Å². The van der Waals surface area contributed by atoms with E-state index in [9.17, 15) is 9.59 Å². The molecule has 2 amide bonds. The van der Waals surface area contributed by atoms with Gasteiger partial charge in [-0.05, 0) is 43.5 Å². The summed E-state index contributed by atoms with van der Waals surface area (Å²) in [6.07, 6.45) is 5.45. The van der Waals surface area contributed by atoms with Crippen LogP contribution in [0.15, 0.2) is 35.7 Å². The van der Waals surface area contributed by atoms with Crippen LogP contribution in [0.5, 0.6) is 5.75 Å². The van der Waals surface area contributed by atoms with Crippen LogP contribution in [-0.4, -0.2) is 52.8 Å². The lowest BCUT2D eigenvalue weighted by Crippen LogP contribution is -2.50. The van der Waals surface area contributed by atoms with Crippen LogP contribution in [0.4, 0.5) is 0 Å². The zero-order valence-corrected chi connectivity index (χ0v) is 17.4. The molecule has 1 aromatic heterocycles. The Bertz CT molecular complexity index is 912. The summed E-state index contributed by atoms with van der Waals surface area (Å²) in [4.78, 5) is 32.7. The van der Waals surface area contributed by atoms with E-state index in [2.05, 4.69) is 4.98 Å². The molecule has 6 nitrogen and oxygen atoms in total. The van der Waals surface area contributed by atoms with E-state index in [0.29, 0.717) is 32.8 Å². The van der Waals surface area contributed by atoms with Crippen molar-refractivity contribution in [1.29, 1.82) is 0 Å². The maximum Gasteiger partial charge on any atom is 0.246 e. The number of hydrogen-bond donors (Lipinski definition) is 0. The maximum absolute atomic E-state index is 12.5. The summed E-state index contributed by atoms with van der Waals surface area (Å²) in [6.45, 7) is 4.86. The van der Waals surface area contributed by atoms with Crippen LogP contribution < -0.4 is 4.74 Å². The largest absolute Gasteiger partial charge is 0.487 e. The number of aryl methyl sites for hydroxylation is 1. The molecule has 152 valence electrons. The molecule has 1 saturated carbocycles. The number of amides is 2. The third kappa shape index (κ3) is 5.23. The van der Waals surface area contributed by atoms with Gasteiger partial charge < -0.3 is 14.5 Å². The van der Waals surface area contributed by atoms with Crippen molar-refractivity contribution in [2.24, 2.45) is 5.92 Å². The number of aromatic nitrogens is 1. The van der Waals surface area contributed by atoms with Gasteiger partial charge in [-0.3, -0.25) is 9.59 Å². The van der Waals surface area contributed by atoms with Gasteiger partial charge in [-0.2, -0.15) is 0 Å². The molecule has 0 atom stereocenters. The molecular weight excluding hydrogens is 386 g/mol. The van der Waals surface area contributed by atoms with Gasteiger partial charge in [0.05, 0.1) is 10.7 Å². The average molecular weight is 412 g/mol. The average Bonchev–Trinajstić information content (AvgIpc) is 3.52. The third-order valence-electron chi connectivity index (χ3n) is 5.16. The third-order valence-corrected chi connectivity index (χ3v) is 5.98. The molecule has 0 N–H and O–H groups in total. The summed E-state index contributed by atoms with van der Waals surface area (Å²) in [6, 6.07) is 7.66. The summed E-state index contributed by atoms with van der Waals surface area (Å²) in [5, 5.41) is 3.02. The van der Waals surface area contributed by atoms with Crippen molar-refractivity contribution < 1.29 is 14.3 Å². The maximum atomic E-state index is 12.5. The Morgan fingerprint density at radius 2 is 1.97 bits per heavy atom. The summed E-state index contributed by atoms with van der Waals surface area (Å²) in [5.74, 6) is 1.23. The highest BCUT2D eigenvalue weighted by molar-refractivity contribution is 7.09. The van der Waals surface area contributed by atoms with E-state index in [-0.39, 0.29) is 17.7 Å². The van der Waals surface area contributed by atoms with Crippen molar-refractivity contribution in [3.8, 4) is 5.75 Å². The van der Waals surface area contributed by atoms with Crippen LogP contribution in [0.3, 0.4) is 0 Å². The van der Waals surface area contributed by atoms with Gasteiger partial charge in [0.1, 0.15) is 12.4 Å². The van der Waals surface area contributed by atoms with Gasteiger partial charge >= 0.3 is 0 Å². The number of thiazole rings is 1. The Balaban J connectivity index is 1.28. The first kappa shape index (κ1) is 19.6. The second-order valence-corrected chi connectivity index (χ2v) is 8.54. The van der Waals surface area contributed by atoms with E-state index in [4.69, 9.17) is 4.74 Å². The van der Waals surface area contributed by atoms with Crippen LogP contribution in [0.1, 0.15) is 29.1 Å². The quantitative estimate of drug-likeness (QED) is 0.685. The second-order valence-electron chi connectivity index (χ2n) is 7.48. The van der Waals surface area contributed by atoms with Crippen molar-refractivity contribution in [1.82, 2.24) is 14.8 Å². The molecule has 29 heavy (non-hydrogen) atoms. The van der Waals surface area contributed by atoms with Crippen molar-refractivity contribution in [2.45, 2.75) is 26.4 Å². The first-order valence-corrected chi connectivity index (χ1v) is 10.9. The predicted octanol–water partition coefficient (Wildman–Crippen LogP) is 3.12. The minimum absolute atomic E-state index is 0.0206. The first-order chi connectivity index (χ1) is 14.1. The molecule has 1 aliphatic carbocycles. The first-order valence-electron chi connectivity index (χ1n) is 9.98. The standard InChI is InChI=1S/C22H25N3O3S/c1-16-23-19(15-29-16)14-28-20-4-2-3-17(13-20)5-8-21(26)24-9-11-25(12-10-24)22(27)18-6-7-18/h2-5,8,13,15,18H,6-7,9-12,14H2,1H3. The fourth-order valence-corrected chi connectivity index (χ4v) is 3.95. The summed E-state index contributed by atoms with van der Waals surface area (Å²) in [7, 11) is 0. The lowest BCUT2D eigenvalue weighted by atomic mass is 10.2. The zero-order chi connectivity index (χ0) is 20.2. The number of carbonyl (C=O) groups is 2. The Morgan fingerprint density at radius 1 is 1.21 bits per heavy atom. The summed E-state index contributed by atoms with van der Waals surface area (Å²) >= 11 is 1.61. The molecular formula is C22H25N3O3S. The topological polar surface area (TPSA) is 62.7 Å². The minimum Gasteiger partial charge on any atom is -0.487 e. The van der Waals surface area contributed by atoms with Crippen LogP contribution >= 0.6 is 11.3 Å². The van der Waals surface area contributed by atoms with Crippen LogP contribution in [-0.2, 0) is 16.2 Å². The predicted molar refractivity (Wildman–Crippen MR) is 113 cm³/mol. The number of ether oxygens (including phenoxy) is 1. The molecule has 1 saturated heterocycles. The molecule has 7 heteroatoms. The van der Waals surface area contributed by atoms with Crippen LogP contribution in [0.2, 0.25) is 0 Å². The van der Waals surface area contributed by atoms with Crippen molar-refractivity contribution >= 4 is 29.2 Å². The van der Waals surface area contributed by atoms with Gasteiger partial charge in [0.25, 0.3) is 0 Å². The van der Waals surface area contributed by atoms with E-state index in [0.717, 1.165) is 34.9 Å². The van der Waals surface area contributed by atoms with Gasteiger partial charge in [-0.15, -0.1) is 11.3 Å². The number of rotatable bonds is 6. The molecule has 1 aliphatic heterocycles. The van der Waals surface area contributed by atoms with Crippen molar-refractivity contribution in [3.05, 3.63) is 52.0 Å². The molecule has 1 aromatic carbocycles. The molecule has 2 heterocycles. The molecule has 2 fully saturated rings. The Labute approximate surface area is 174 Å². The SMILES string of the molecule is Cc1nc(COc2cccc(C=CC(=O)N3CCN(C(=O)C4CC4)CC3)c2)cs1. The smallest absolute Gasteiger partial charge is 0.246 e. The monoisotopic (exact) mass is 411 g/mol. The van der Waals surface area contributed by atoms with Gasteiger partial charge in [0.2, 0.25) is 11.8 Å². The molecule has 0 unspecified atom stereocenters. The van der Waals surface area contributed by atoms with Gasteiger partial charge in [-0.25, -0.2) is 4.98 Å². The van der Waals surface area contributed by atoms with E-state index in [1.54, 1.807) is 22.3 Å². The van der Waals surface area contributed by atoms with Crippen LogP contribution in [0, 0.1) is 12.8 Å². The summed E-state index contributed by atoms with van der Waals surface area (Å²) in [5.41, 5.74) is 1.83. The van der Waals surface area contributed by atoms with Gasteiger partial charge in [0.15, 0.2) is 0 Å².